The number of piperidine rings is 1. The molecule has 0 amide bonds. The molecular weight excluding hydrogens is 341 g/mol. The number of benzene rings is 1. The Morgan fingerprint density at radius 2 is 2.00 bits per heavy atom. The van der Waals surface area contributed by atoms with Crippen LogP contribution in [0.1, 0.15) is 44.2 Å². The Morgan fingerprint density at radius 1 is 1.26 bits per heavy atom. The van der Waals surface area contributed by atoms with Gasteiger partial charge in [-0.05, 0) is 64.5 Å². The predicted octanol–water partition coefficient (Wildman–Crippen LogP) is 2.82. The zero-order valence-electron chi connectivity index (χ0n) is 17.4. The van der Waals surface area contributed by atoms with Crippen molar-refractivity contribution in [3.63, 3.8) is 0 Å². The third-order valence-electron chi connectivity index (χ3n) is 4.83. The van der Waals surface area contributed by atoms with Gasteiger partial charge in [0.25, 0.3) is 0 Å². The molecule has 5 nitrogen and oxygen atoms in total. The van der Waals surface area contributed by atoms with E-state index in [-0.39, 0.29) is 5.82 Å². The van der Waals surface area contributed by atoms with E-state index in [0.717, 1.165) is 44.0 Å². The maximum absolute atomic E-state index is 14.0. The van der Waals surface area contributed by atoms with Crippen molar-refractivity contribution in [3.8, 4) is 0 Å². The van der Waals surface area contributed by atoms with Gasteiger partial charge in [0, 0.05) is 37.8 Å². The molecule has 2 rings (SSSR count). The molecule has 1 fully saturated rings. The lowest BCUT2D eigenvalue weighted by Gasteiger charge is -2.32. The van der Waals surface area contributed by atoms with Gasteiger partial charge in [-0.15, -0.1) is 0 Å². The summed E-state index contributed by atoms with van der Waals surface area (Å²) in [5, 5.41) is 6.92. The topological polar surface area (TPSA) is 42.9 Å². The molecule has 1 aromatic carbocycles. The van der Waals surface area contributed by atoms with E-state index >= 15 is 0 Å². The van der Waals surface area contributed by atoms with Crippen LogP contribution in [-0.4, -0.2) is 62.1 Å². The summed E-state index contributed by atoms with van der Waals surface area (Å²) in [6, 6.07) is 5.76. The van der Waals surface area contributed by atoms with Crippen LogP contribution < -0.4 is 10.6 Å². The maximum atomic E-state index is 14.0. The molecule has 0 aliphatic carbocycles. The van der Waals surface area contributed by atoms with E-state index < -0.39 is 0 Å². The molecule has 0 spiro atoms. The molecule has 27 heavy (non-hydrogen) atoms. The second-order valence-corrected chi connectivity index (χ2v) is 7.62. The highest BCUT2D eigenvalue weighted by Gasteiger charge is 2.19. The van der Waals surface area contributed by atoms with Crippen LogP contribution in [0.3, 0.4) is 0 Å². The first kappa shape index (κ1) is 21.6. The molecule has 0 bridgehead atoms. The molecule has 1 heterocycles. The zero-order valence-corrected chi connectivity index (χ0v) is 17.4. The normalized spacial score (nSPS) is 16.7. The molecule has 152 valence electrons. The molecule has 0 saturated carbocycles. The van der Waals surface area contributed by atoms with Gasteiger partial charge in [-0.3, -0.25) is 0 Å². The fraction of sp³-hybridized carbons (Fsp3) is 0.667. The van der Waals surface area contributed by atoms with Crippen LogP contribution in [-0.2, 0) is 13.1 Å². The number of nitrogens with zero attached hydrogens (tertiary/aromatic N) is 3. The molecule has 6 heteroatoms. The van der Waals surface area contributed by atoms with Gasteiger partial charge in [-0.2, -0.15) is 0 Å². The van der Waals surface area contributed by atoms with Gasteiger partial charge in [0.1, 0.15) is 5.82 Å². The number of halogens is 1. The standard InChI is InChI=1S/C21H36FN5/c1-5-11-27-12-9-19(10-13-27)25-21(23-6-2)24-15-17-7-8-20(22)18(14-17)16-26(3)4/h7-8,14,19H,5-6,9-13,15-16H2,1-4H3,(H2,23,24,25). The van der Waals surface area contributed by atoms with Crippen LogP contribution in [0.4, 0.5) is 4.39 Å². The van der Waals surface area contributed by atoms with Gasteiger partial charge >= 0.3 is 0 Å². The smallest absolute Gasteiger partial charge is 0.191 e. The van der Waals surface area contributed by atoms with Crippen molar-refractivity contribution >= 4 is 5.96 Å². The number of aliphatic imine (C=N–C) groups is 1. The van der Waals surface area contributed by atoms with Crippen molar-refractivity contribution in [2.75, 3.05) is 40.3 Å². The first-order valence-corrected chi connectivity index (χ1v) is 10.2. The van der Waals surface area contributed by atoms with E-state index in [1.807, 2.05) is 31.1 Å². The molecule has 1 aliphatic heterocycles. The Hall–Kier alpha value is -1.66. The molecule has 2 N–H and O–H groups in total. The summed E-state index contributed by atoms with van der Waals surface area (Å²) in [6.07, 6.45) is 3.51. The summed E-state index contributed by atoms with van der Waals surface area (Å²) < 4.78 is 14.0. The SMILES string of the molecule is CCCN1CCC(NC(=NCc2ccc(F)c(CN(C)C)c2)NCC)CC1. The second kappa shape index (κ2) is 11.2. The van der Waals surface area contributed by atoms with Crippen LogP contribution in [0.15, 0.2) is 23.2 Å². The van der Waals surface area contributed by atoms with Crippen LogP contribution in [0, 0.1) is 5.82 Å². The Labute approximate surface area is 164 Å². The number of hydrogen-bond donors (Lipinski definition) is 2. The first-order valence-electron chi connectivity index (χ1n) is 10.2. The monoisotopic (exact) mass is 377 g/mol. The summed E-state index contributed by atoms with van der Waals surface area (Å²) in [5.41, 5.74) is 1.75. The fourth-order valence-corrected chi connectivity index (χ4v) is 3.49. The summed E-state index contributed by atoms with van der Waals surface area (Å²) >= 11 is 0. The number of hydrogen-bond acceptors (Lipinski definition) is 3. The lowest BCUT2D eigenvalue weighted by atomic mass is 10.1. The van der Waals surface area contributed by atoms with Crippen molar-refractivity contribution in [3.05, 3.63) is 35.1 Å². The van der Waals surface area contributed by atoms with E-state index in [9.17, 15) is 4.39 Å². The van der Waals surface area contributed by atoms with Gasteiger partial charge in [0.05, 0.1) is 6.54 Å². The Balaban J connectivity index is 1.95. The summed E-state index contributed by atoms with van der Waals surface area (Å²) in [4.78, 5) is 9.24. The number of guanidine groups is 1. The van der Waals surface area contributed by atoms with E-state index in [2.05, 4.69) is 29.4 Å². The fourth-order valence-electron chi connectivity index (χ4n) is 3.49. The van der Waals surface area contributed by atoms with Crippen molar-refractivity contribution in [1.82, 2.24) is 20.4 Å². The molecular formula is C21H36FN5. The molecule has 1 aromatic rings. The minimum absolute atomic E-state index is 0.152. The Bertz CT molecular complexity index is 594. The van der Waals surface area contributed by atoms with Gasteiger partial charge in [0.15, 0.2) is 5.96 Å². The highest BCUT2D eigenvalue weighted by Crippen LogP contribution is 2.14. The van der Waals surface area contributed by atoms with E-state index in [1.54, 1.807) is 6.07 Å². The van der Waals surface area contributed by atoms with Crippen molar-refractivity contribution in [2.24, 2.45) is 4.99 Å². The van der Waals surface area contributed by atoms with Gasteiger partial charge in [-0.1, -0.05) is 13.0 Å². The van der Waals surface area contributed by atoms with Gasteiger partial charge in [0.2, 0.25) is 0 Å². The van der Waals surface area contributed by atoms with Crippen molar-refractivity contribution in [1.29, 1.82) is 0 Å². The van der Waals surface area contributed by atoms with E-state index in [1.165, 1.54) is 13.0 Å². The molecule has 0 atom stereocenters. The van der Waals surface area contributed by atoms with Crippen molar-refractivity contribution in [2.45, 2.75) is 52.2 Å². The average molecular weight is 378 g/mol. The zero-order chi connectivity index (χ0) is 19.6. The van der Waals surface area contributed by atoms with Crippen LogP contribution in [0.2, 0.25) is 0 Å². The van der Waals surface area contributed by atoms with Gasteiger partial charge in [-0.25, -0.2) is 9.38 Å². The maximum Gasteiger partial charge on any atom is 0.191 e. The summed E-state index contributed by atoms with van der Waals surface area (Å²) in [7, 11) is 3.90. The molecule has 0 radical (unpaired) electrons. The minimum atomic E-state index is -0.152. The molecule has 1 aliphatic rings. The third-order valence-corrected chi connectivity index (χ3v) is 4.83. The largest absolute Gasteiger partial charge is 0.357 e. The highest BCUT2D eigenvalue weighted by molar-refractivity contribution is 5.80. The lowest BCUT2D eigenvalue weighted by Crippen LogP contribution is -2.48. The van der Waals surface area contributed by atoms with Crippen LogP contribution in [0.5, 0.6) is 0 Å². The van der Waals surface area contributed by atoms with E-state index in [0.29, 0.717) is 24.7 Å². The van der Waals surface area contributed by atoms with Gasteiger partial charge < -0.3 is 20.4 Å². The Morgan fingerprint density at radius 3 is 2.63 bits per heavy atom. The number of likely N-dealkylation sites (tertiary alicyclic amines) is 1. The highest BCUT2D eigenvalue weighted by atomic mass is 19.1. The average Bonchev–Trinajstić information content (AvgIpc) is 2.64. The third kappa shape index (κ3) is 7.46. The van der Waals surface area contributed by atoms with Crippen LogP contribution >= 0.6 is 0 Å². The summed E-state index contributed by atoms with van der Waals surface area (Å²) in [6.45, 7) is 9.78. The second-order valence-electron chi connectivity index (χ2n) is 7.62. The molecule has 1 saturated heterocycles. The lowest BCUT2D eigenvalue weighted by molar-refractivity contribution is 0.206. The molecule has 0 unspecified atom stereocenters. The van der Waals surface area contributed by atoms with Crippen molar-refractivity contribution < 1.29 is 4.39 Å². The number of nitrogens with one attached hydrogen (secondary N) is 2. The predicted molar refractivity (Wildman–Crippen MR) is 111 cm³/mol. The quantitative estimate of drug-likeness (QED) is 0.540. The van der Waals surface area contributed by atoms with Crippen LogP contribution in [0.25, 0.3) is 0 Å². The summed E-state index contributed by atoms with van der Waals surface area (Å²) in [5.74, 6) is 0.699. The minimum Gasteiger partial charge on any atom is -0.357 e. The molecule has 0 aromatic heterocycles. The first-order chi connectivity index (χ1) is 13.0. The van der Waals surface area contributed by atoms with E-state index in [4.69, 9.17) is 4.99 Å². The number of rotatable bonds is 8. The Kier molecular flexibility index (Phi) is 9.01.